The Balaban J connectivity index is 4.17. The van der Waals surface area contributed by atoms with Gasteiger partial charge in [0.1, 0.15) is 6.54 Å². The van der Waals surface area contributed by atoms with Crippen molar-refractivity contribution in [2.45, 2.75) is 13.3 Å². The van der Waals surface area contributed by atoms with Gasteiger partial charge in [-0.2, -0.15) is 9.57 Å². The second-order valence-corrected chi connectivity index (χ2v) is 4.98. The molecule has 0 aromatic rings. The van der Waals surface area contributed by atoms with E-state index in [0.29, 0.717) is 0 Å². The Morgan fingerprint density at radius 3 is 2.60 bits per heavy atom. The molecule has 0 atom stereocenters. The van der Waals surface area contributed by atoms with E-state index in [9.17, 15) is 13.2 Å². The molecule has 0 unspecified atom stereocenters. The zero-order valence-corrected chi connectivity index (χ0v) is 9.58. The average molecular weight is 234 g/mol. The molecule has 0 N–H and O–H groups in total. The summed E-state index contributed by atoms with van der Waals surface area (Å²) < 4.78 is 28.3. The third-order valence-electron chi connectivity index (χ3n) is 1.64. The van der Waals surface area contributed by atoms with Crippen LogP contribution >= 0.6 is 0 Å². The van der Waals surface area contributed by atoms with E-state index in [0.717, 1.165) is 4.31 Å². The van der Waals surface area contributed by atoms with Crippen LogP contribution in [0.3, 0.4) is 0 Å². The molecule has 0 aromatic heterocycles. The number of sulfonamides is 1. The van der Waals surface area contributed by atoms with Crippen molar-refractivity contribution in [2.24, 2.45) is 0 Å². The lowest BCUT2D eigenvalue weighted by Crippen LogP contribution is -2.30. The fraction of sp³-hybridized carbons (Fsp3) is 0.750. The Bertz CT molecular complexity index is 344. The van der Waals surface area contributed by atoms with Crippen molar-refractivity contribution in [1.29, 1.82) is 5.26 Å². The Kier molecular flexibility index (Phi) is 5.89. The molecule has 0 fully saturated rings. The molecule has 0 rings (SSSR count). The molecule has 7 heteroatoms. The van der Waals surface area contributed by atoms with Gasteiger partial charge < -0.3 is 4.74 Å². The molecule has 0 aliphatic rings. The molecule has 6 nitrogen and oxygen atoms in total. The largest absolute Gasteiger partial charge is 0.466 e. The van der Waals surface area contributed by atoms with Gasteiger partial charge in [0.2, 0.25) is 10.0 Å². The highest BCUT2D eigenvalue weighted by Gasteiger charge is 2.19. The lowest BCUT2D eigenvalue weighted by atomic mass is 10.5. The maximum absolute atomic E-state index is 11.4. The lowest BCUT2D eigenvalue weighted by molar-refractivity contribution is -0.142. The average Bonchev–Trinajstić information content (AvgIpc) is 2.16. The molecule has 0 radical (unpaired) electrons. The number of hydrogen-bond donors (Lipinski definition) is 0. The van der Waals surface area contributed by atoms with Crippen LogP contribution < -0.4 is 0 Å². The van der Waals surface area contributed by atoms with E-state index >= 15 is 0 Å². The van der Waals surface area contributed by atoms with E-state index < -0.39 is 16.0 Å². The third kappa shape index (κ3) is 5.34. The van der Waals surface area contributed by atoms with Gasteiger partial charge in [0.25, 0.3) is 0 Å². The van der Waals surface area contributed by atoms with Crippen molar-refractivity contribution in [3.63, 3.8) is 0 Å². The van der Waals surface area contributed by atoms with Gasteiger partial charge in [0.15, 0.2) is 0 Å². The number of esters is 1. The summed E-state index contributed by atoms with van der Waals surface area (Å²) in [6, 6.07) is 1.72. The number of rotatable bonds is 6. The van der Waals surface area contributed by atoms with Crippen LogP contribution in [0.1, 0.15) is 13.3 Å². The first kappa shape index (κ1) is 13.9. The summed E-state index contributed by atoms with van der Waals surface area (Å²) in [5, 5.41) is 8.31. The van der Waals surface area contributed by atoms with Crippen LogP contribution in [0.5, 0.6) is 0 Å². The van der Waals surface area contributed by atoms with Crippen LogP contribution in [0.15, 0.2) is 0 Å². The lowest BCUT2D eigenvalue weighted by Gasteiger charge is -2.12. The second kappa shape index (κ2) is 6.37. The van der Waals surface area contributed by atoms with Gasteiger partial charge in [-0.3, -0.25) is 4.79 Å². The summed E-state index contributed by atoms with van der Waals surface area (Å²) in [5.41, 5.74) is 0. The van der Waals surface area contributed by atoms with Crippen LogP contribution in [0, 0.1) is 11.3 Å². The minimum Gasteiger partial charge on any atom is -0.466 e. The van der Waals surface area contributed by atoms with Crippen LogP contribution in [0.25, 0.3) is 0 Å². The maximum Gasteiger partial charge on any atom is 0.306 e. The molecule has 0 aliphatic heterocycles. The predicted molar refractivity (Wildman–Crippen MR) is 53.3 cm³/mol. The summed E-state index contributed by atoms with van der Waals surface area (Å²) in [5.74, 6) is -0.879. The number of nitriles is 1. The monoisotopic (exact) mass is 234 g/mol. The van der Waals surface area contributed by atoms with Crippen LogP contribution in [-0.2, 0) is 19.6 Å². The van der Waals surface area contributed by atoms with Gasteiger partial charge in [-0.1, -0.05) is 0 Å². The smallest absolute Gasteiger partial charge is 0.306 e. The first-order valence-corrected chi connectivity index (χ1v) is 6.01. The molecule has 86 valence electrons. The molecule has 0 saturated heterocycles. The Labute approximate surface area is 89.5 Å². The van der Waals surface area contributed by atoms with Crippen molar-refractivity contribution in [3.8, 4) is 6.07 Å². The van der Waals surface area contributed by atoms with Crippen molar-refractivity contribution in [1.82, 2.24) is 4.31 Å². The summed E-state index contributed by atoms with van der Waals surface area (Å²) in [7, 11) is -2.23. The maximum atomic E-state index is 11.4. The topological polar surface area (TPSA) is 87.5 Å². The highest BCUT2D eigenvalue weighted by atomic mass is 32.2. The molecule has 0 spiro atoms. The molecule has 0 saturated carbocycles. The number of carbonyl (C=O) groups excluding carboxylic acids is 1. The minimum atomic E-state index is -3.53. The zero-order valence-electron chi connectivity index (χ0n) is 8.76. The van der Waals surface area contributed by atoms with E-state index in [2.05, 4.69) is 4.74 Å². The van der Waals surface area contributed by atoms with Gasteiger partial charge >= 0.3 is 5.97 Å². The van der Waals surface area contributed by atoms with E-state index in [4.69, 9.17) is 5.26 Å². The first-order chi connectivity index (χ1) is 6.94. The molecule has 0 aromatic carbocycles. The quantitative estimate of drug-likeness (QED) is 0.466. The molecule has 0 bridgehead atoms. The fourth-order valence-electron chi connectivity index (χ4n) is 0.799. The molecule has 0 heterocycles. The van der Waals surface area contributed by atoms with Crippen LogP contribution in [0.4, 0.5) is 0 Å². The van der Waals surface area contributed by atoms with E-state index in [1.807, 2.05) is 0 Å². The Morgan fingerprint density at radius 2 is 2.13 bits per heavy atom. The molecule has 0 amide bonds. The summed E-state index contributed by atoms with van der Waals surface area (Å²) >= 11 is 0. The SMILES string of the molecule is CCOC(=O)CCS(=O)(=O)N(C)CC#N. The van der Waals surface area contributed by atoms with E-state index in [-0.39, 0.29) is 25.3 Å². The van der Waals surface area contributed by atoms with Gasteiger partial charge in [0.05, 0.1) is 24.8 Å². The van der Waals surface area contributed by atoms with Gasteiger partial charge in [-0.05, 0) is 6.92 Å². The normalized spacial score (nSPS) is 11.1. The van der Waals surface area contributed by atoms with Gasteiger partial charge in [0, 0.05) is 7.05 Å². The molecule has 0 aliphatic carbocycles. The van der Waals surface area contributed by atoms with Crippen molar-refractivity contribution in [3.05, 3.63) is 0 Å². The zero-order chi connectivity index (χ0) is 11.9. The third-order valence-corrected chi connectivity index (χ3v) is 3.44. The Morgan fingerprint density at radius 1 is 1.53 bits per heavy atom. The first-order valence-electron chi connectivity index (χ1n) is 4.40. The molecular weight excluding hydrogens is 220 g/mol. The van der Waals surface area contributed by atoms with Crippen LogP contribution in [0.2, 0.25) is 0 Å². The van der Waals surface area contributed by atoms with Crippen molar-refractivity contribution in [2.75, 3.05) is 26.0 Å². The van der Waals surface area contributed by atoms with Gasteiger partial charge in [-0.25, -0.2) is 8.42 Å². The molecular formula is C8H14N2O4S. The minimum absolute atomic E-state index is 0.189. The summed E-state index contributed by atoms with van der Waals surface area (Å²) in [4.78, 5) is 10.9. The summed E-state index contributed by atoms with van der Waals surface area (Å²) in [6.07, 6.45) is -0.189. The number of hydrogen-bond acceptors (Lipinski definition) is 5. The Hall–Kier alpha value is -1.13. The van der Waals surface area contributed by atoms with E-state index in [1.54, 1.807) is 13.0 Å². The highest BCUT2D eigenvalue weighted by molar-refractivity contribution is 7.89. The number of ether oxygens (including phenoxy) is 1. The standard InChI is InChI=1S/C8H14N2O4S/c1-3-14-8(11)4-7-15(12,13)10(2)6-5-9/h3-4,6-7H2,1-2H3. The van der Waals surface area contributed by atoms with E-state index in [1.165, 1.54) is 7.05 Å². The van der Waals surface area contributed by atoms with Crippen molar-refractivity contribution < 1.29 is 17.9 Å². The molecule has 15 heavy (non-hydrogen) atoms. The van der Waals surface area contributed by atoms with Crippen molar-refractivity contribution >= 4 is 16.0 Å². The summed E-state index contributed by atoms with van der Waals surface area (Å²) in [6.45, 7) is 1.66. The second-order valence-electron chi connectivity index (χ2n) is 2.79. The van der Waals surface area contributed by atoms with Gasteiger partial charge in [-0.15, -0.1) is 0 Å². The van der Waals surface area contributed by atoms with Crippen LogP contribution in [-0.4, -0.2) is 44.6 Å². The predicted octanol–water partition coefficient (Wildman–Crippen LogP) is -0.275. The highest BCUT2D eigenvalue weighted by Crippen LogP contribution is 2.00. The number of nitrogens with zero attached hydrogens (tertiary/aromatic N) is 2. The number of carbonyl (C=O) groups is 1. The fourth-order valence-corrected chi connectivity index (χ4v) is 1.79.